The zero-order valence-electron chi connectivity index (χ0n) is 11.8. The first-order chi connectivity index (χ1) is 9.54. The quantitative estimate of drug-likeness (QED) is 0.805. The summed E-state index contributed by atoms with van der Waals surface area (Å²) < 4.78 is 10.2. The Labute approximate surface area is 124 Å². The molecule has 4 nitrogen and oxygen atoms in total. The lowest BCUT2D eigenvalue weighted by Gasteiger charge is -2.08. The molecule has 1 aliphatic rings. The number of carbonyl (C=O) groups is 2. The van der Waals surface area contributed by atoms with Crippen LogP contribution in [0.5, 0.6) is 0 Å². The summed E-state index contributed by atoms with van der Waals surface area (Å²) >= 11 is 1.41. The van der Waals surface area contributed by atoms with Crippen LogP contribution in [0.3, 0.4) is 0 Å². The lowest BCUT2D eigenvalue weighted by atomic mass is 10.00. The lowest BCUT2D eigenvalue weighted by molar-refractivity contribution is -0.115. The molecule has 1 unspecified atom stereocenters. The van der Waals surface area contributed by atoms with Crippen LogP contribution in [0.4, 0.5) is 0 Å². The number of thiophene rings is 1. The second-order valence-electron chi connectivity index (χ2n) is 4.36. The van der Waals surface area contributed by atoms with Crippen molar-refractivity contribution < 1.29 is 14.3 Å². The number of ether oxygens (including phenoxy) is 1. The molecule has 1 aromatic rings. The highest BCUT2D eigenvalue weighted by molar-refractivity contribution is 7.89. The Morgan fingerprint density at radius 1 is 1.50 bits per heavy atom. The maximum absolute atomic E-state index is 12.0. The van der Waals surface area contributed by atoms with Crippen LogP contribution < -0.4 is 0 Å². The second kappa shape index (κ2) is 6.45. The van der Waals surface area contributed by atoms with Crippen molar-refractivity contribution in [3.63, 3.8) is 0 Å². The first kappa shape index (κ1) is 15.1. The fraction of sp³-hybridized carbons (Fsp3) is 0.429. The highest BCUT2D eigenvalue weighted by Gasteiger charge is 2.24. The number of hydrogen-bond acceptors (Lipinski definition) is 4. The van der Waals surface area contributed by atoms with Crippen molar-refractivity contribution in [3.8, 4) is 0 Å². The van der Waals surface area contributed by atoms with Crippen LogP contribution in [0.1, 0.15) is 41.1 Å². The zero-order chi connectivity index (χ0) is 14.7. The minimum absolute atomic E-state index is 0.185. The molecule has 1 atom stereocenters. The standard InChI is InChI=1S/C14H17NO3S2/c1-4-18-13(17)12-10-7-5-6-8-11(10)14(19-12)20(3)15-9(2)16/h6,8H,4-5,7H2,1-3H3. The fourth-order valence-corrected chi connectivity index (χ4v) is 4.90. The maximum atomic E-state index is 12.0. The predicted octanol–water partition coefficient (Wildman–Crippen LogP) is 3.22. The van der Waals surface area contributed by atoms with E-state index in [1.807, 2.05) is 12.3 Å². The smallest absolute Gasteiger partial charge is 0.348 e. The van der Waals surface area contributed by atoms with Gasteiger partial charge in [0.05, 0.1) is 10.8 Å². The highest BCUT2D eigenvalue weighted by Crippen LogP contribution is 2.36. The Morgan fingerprint density at radius 3 is 2.90 bits per heavy atom. The molecule has 0 aliphatic heterocycles. The van der Waals surface area contributed by atoms with Gasteiger partial charge < -0.3 is 4.74 Å². The molecule has 108 valence electrons. The molecule has 1 heterocycles. The molecule has 0 aromatic carbocycles. The summed E-state index contributed by atoms with van der Waals surface area (Å²) in [6.07, 6.45) is 7.81. The van der Waals surface area contributed by atoms with Gasteiger partial charge in [-0.25, -0.2) is 4.79 Å². The number of rotatable bonds is 3. The summed E-state index contributed by atoms with van der Waals surface area (Å²) in [6, 6.07) is 0. The largest absolute Gasteiger partial charge is 0.462 e. The van der Waals surface area contributed by atoms with E-state index in [-0.39, 0.29) is 11.9 Å². The summed E-state index contributed by atoms with van der Waals surface area (Å²) in [7, 11) is -0.518. The van der Waals surface area contributed by atoms with Gasteiger partial charge in [-0.15, -0.1) is 11.3 Å². The Morgan fingerprint density at radius 2 is 2.25 bits per heavy atom. The average Bonchev–Trinajstić information content (AvgIpc) is 2.78. The molecule has 1 aliphatic carbocycles. The van der Waals surface area contributed by atoms with Gasteiger partial charge in [0.25, 0.3) is 0 Å². The Kier molecular flexibility index (Phi) is 4.88. The number of esters is 1. The van der Waals surface area contributed by atoms with Crippen molar-refractivity contribution in [1.82, 2.24) is 0 Å². The summed E-state index contributed by atoms with van der Waals surface area (Å²) in [5, 5.41) is 0. The first-order valence-corrected chi connectivity index (χ1v) is 8.83. The van der Waals surface area contributed by atoms with Gasteiger partial charge in [-0.1, -0.05) is 22.8 Å². The Balaban J connectivity index is 2.52. The maximum Gasteiger partial charge on any atom is 0.348 e. The summed E-state index contributed by atoms with van der Waals surface area (Å²) in [5.74, 6) is -0.453. The Bertz CT molecular complexity index is 614. The van der Waals surface area contributed by atoms with E-state index in [0.717, 1.165) is 28.2 Å². The van der Waals surface area contributed by atoms with Crippen LogP contribution in [0.2, 0.25) is 0 Å². The van der Waals surface area contributed by atoms with Gasteiger partial charge in [0.15, 0.2) is 0 Å². The molecule has 1 amide bonds. The third kappa shape index (κ3) is 3.07. The molecular weight excluding hydrogens is 294 g/mol. The van der Waals surface area contributed by atoms with Crippen LogP contribution in [0.25, 0.3) is 6.08 Å². The van der Waals surface area contributed by atoms with Crippen molar-refractivity contribution in [2.75, 3.05) is 12.9 Å². The molecule has 0 bridgehead atoms. The second-order valence-corrected chi connectivity index (χ2v) is 7.19. The van der Waals surface area contributed by atoms with Gasteiger partial charge >= 0.3 is 5.97 Å². The predicted molar refractivity (Wildman–Crippen MR) is 82.3 cm³/mol. The van der Waals surface area contributed by atoms with E-state index in [1.165, 1.54) is 18.3 Å². The van der Waals surface area contributed by atoms with E-state index in [4.69, 9.17) is 4.74 Å². The van der Waals surface area contributed by atoms with Crippen molar-refractivity contribution >= 4 is 40.0 Å². The van der Waals surface area contributed by atoms with Crippen molar-refractivity contribution in [2.45, 2.75) is 30.9 Å². The minimum Gasteiger partial charge on any atom is -0.462 e. The number of nitrogens with zero attached hydrogens (tertiary/aromatic N) is 1. The van der Waals surface area contributed by atoms with Crippen LogP contribution >= 0.6 is 11.3 Å². The third-order valence-corrected chi connectivity index (χ3v) is 6.14. The molecule has 20 heavy (non-hydrogen) atoms. The number of fused-ring (bicyclic) bond motifs is 1. The molecule has 6 heteroatoms. The average molecular weight is 311 g/mol. The van der Waals surface area contributed by atoms with Gasteiger partial charge in [0, 0.05) is 12.5 Å². The fourth-order valence-electron chi connectivity index (χ4n) is 2.12. The lowest BCUT2D eigenvalue weighted by Crippen LogP contribution is -2.06. The van der Waals surface area contributed by atoms with E-state index in [9.17, 15) is 9.59 Å². The molecule has 1 aromatic heterocycles. The molecule has 0 N–H and O–H groups in total. The SMILES string of the molecule is CCOC(=O)c1sc(S(C)=NC(C)=O)c2c1CCC=C2. The topological polar surface area (TPSA) is 55.7 Å². The molecule has 0 spiro atoms. The van der Waals surface area contributed by atoms with E-state index < -0.39 is 10.7 Å². The number of amides is 1. The van der Waals surface area contributed by atoms with Gasteiger partial charge in [-0.05, 0) is 31.6 Å². The first-order valence-electron chi connectivity index (χ1n) is 6.42. The monoisotopic (exact) mass is 311 g/mol. The summed E-state index contributed by atoms with van der Waals surface area (Å²) in [4.78, 5) is 23.9. The van der Waals surface area contributed by atoms with Gasteiger partial charge in [0.2, 0.25) is 5.91 Å². The van der Waals surface area contributed by atoms with Gasteiger partial charge in [0.1, 0.15) is 4.88 Å². The third-order valence-electron chi connectivity index (χ3n) is 2.85. The van der Waals surface area contributed by atoms with E-state index in [2.05, 4.69) is 10.4 Å². The van der Waals surface area contributed by atoms with Crippen LogP contribution in [-0.2, 0) is 26.6 Å². The normalized spacial score (nSPS) is 14.9. The number of allylic oxidation sites excluding steroid dienone is 1. The van der Waals surface area contributed by atoms with Gasteiger partial charge in [-0.3, -0.25) is 4.79 Å². The van der Waals surface area contributed by atoms with Crippen LogP contribution in [-0.4, -0.2) is 24.7 Å². The van der Waals surface area contributed by atoms with E-state index >= 15 is 0 Å². The van der Waals surface area contributed by atoms with Crippen LogP contribution in [0.15, 0.2) is 14.6 Å². The van der Waals surface area contributed by atoms with Crippen molar-refractivity contribution in [3.05, 3.63) is 22.1 Å². The number of hydrogen-bond donors (Lipinski definition) is 0. The van der Waals surface area contributed by atoms with Crippen molar-refractivity contribution in [2.24, 2.45) is 4.36 Å². The molecule has 0 radical (unpaired) electrons. The minimum atomic E-state index is -0.518. The number of carbonyl (C=O) groups excluding carboxylic acids is 2. The zero-order valence-corrected chi connectivity index (χ0v) is 13.4. The summed E-state index contributed by atoms with van der Waals surface area (Å²) in [6.45, 7) is 3.62. The Hall–Kier alpha value is -1.27. The molecule has 0 saturated carbocycles. The van der Waals surface area contributed by atoms with E-state index in [1.54, 1.807) is 6.92 Å². The highest BCUT2D eigenvalue weighted by atomic mass is 32.2. The van der Waals surface area contributed by atoms with E-state index in [0.29, 0.717) is 11.5 Å². The van der Waals surface area contributed by atoms with Crippen molar-refractivity contribution in [1.29, 1.82) is 0 Å². The van der Waals surface area contributed by atoms with Crippen LogP contribution in [0, 0.1) is 0 Å². The molecule has 0 fully saturated rings. The molecular formula is C14H17NO3S2. The summed E-state index contributed by atoms with van der Waals surface area (Å²) in [5.41, 5.74) is 2.10. The molecule has 0 saturated heterocycles. The van der Waals surface area contributed by atoms with Gasteiger partial charge in [-0.2, -0.15) is 4.36 Å². The molecule has 2 rings (SSSR count).